The van der Waals surface area contributed by atoms with Crippen molar-refractivity contribution in [1.82, 2.24) is 0 Å². The van der Waals surface area contributed by atoms with Crippen molar-refractivity contribution in [2.75, 3.05) is 10.8 Å². The minimum atomic E-state index is -3.58. The molecule has 0 fully saturated rings. The largest absolute Gasteiger partial charge is 0.273 e. The summed E-state index contributed by atoms with van der Waals surface area (Å²) in [6.07, 6.45) is 1.71. The number of aryl methyl sites for hydroxylation is 2. The number of sulfonamides is 1. The number of nitriles is 1. The van der Waals surface area contributed by atoms with Crippen LogP contribution in [0.25, 0.3) is 0 Å². The Morgan fingerprint density at radius 2 is 2.10 bits per heavy atom. The number of fused-ring (bicyclic) bond motifs is 1. The van der Waals surface area contributed by atoms with E-state index in [0.717, 1.165) is 41.0 Å². The van der Waals surface area contributed by atoms with Gasteiger partial charge < -0.3 is 0 Å². The van der Waals surface area contributed by atoms with Crippen molar-refractivity contribution in [3.63, 3.8) is 0 Å². The van der Waals surface area contributed by atoms with Crippen molar-refractivity contribution >= 4 is 27.0 Å². The van der Waals surface area contributed by atoms with E-state index in [4.69, 9.17) is 5.26 Å². The quantitative estimate of drug-likeness (QED) is 0.855. The number of benzene rings is 1. The van der Waals surface area contributed by atoms with E-state index >= 15 is 0 Å². The summed E-state index contributed by atoms with van der Waals surface area (Å²) in [6, 6.07) is 10.9. The highest BCUT2D eigenvalue weighted by Crippen LogP contribution is 2.34. The van der Waals surface area contributed by atoms with Crippen LogP contribution in [0.2, 0.25) is 0 Å². The molecule has 1 aliphatic heterocycles. The van der Waals surface area contributed by atoms with Gasteiger partial charge in [0.25, 0.3) is 10.0 Å². The first-order chi connectivity index (χ1) is 10.0. The molecule has 1 aromatic heterocycles. The molecule has 0 bridgehead atoms. The zero-order valence-corrected chi connectivity index (χ0v) is 13.2. The van der Waals surface area contributed by atoms with Crippen molar-refractivity contribution in [3.8, 4) is 6.07 Å². The van der Waals surface area contributed by atoms with Crippen LogP contribution in [0.1, 0.15) is 22.4 Å². The maximum Gasteiger partial charge on any atom is 0.273 e. The van der Waals surface area contributed by atoms with Gasteiger partial charge >= 0.3 is 0 Å². The van der Waals surface area contributed by atoms with Gasteiger partial charge in [0.15, 0.2) is 0 Å². The predicted molar refractivity (Wildman–Crippen MR) is 83.1 cm³/mol. The minimum absolute atomic E-state index is 0.229. The highest BCUT2D eigenvalue weighted by atomic mass is 32.2. The molecule has 0 saturated carbocycles. The van der Waals surface area contributed by atoms with E-state index in [-0.39, 0.29) is 4.21 Å². The summed E-state index contributed by atoms with van der Waals surface area (Å²) >= 11 is 1.02. The molecule has 0 saturated heterocycles. The molecule has 2 heterocycles. The third-order valence-electron chi connectivity index (χ3n) is 3.55. The lowest BCUT2D eigenvalue weighted by atomic mass is 10.0. The molecule has 108 valence electrons. The zero-order valence-electron chi connectivity index (χ0n) is 11.5. The Kier molecular flexibility index (Phi) is 3.47. The van der Waals surface area contributed by atoms with Crippen LogP contribution in [0.5, 0.6) is 0 Å². The van der Waals surface area contributed by atoms with E-state index in [1.165, 1.54) is 10.4 Å². The number of hydrogen-bond acceptors (Lipinski definition) is 4. The molecule has 4 nitrogen and oxygen atoms in total. The lowest BCUT2D eigenvalue weighted by molar-refractivity contribution is 0.588. The van der Waals surface area contributed by atoms with E-state index in [2.05, 4.69) is 0 Å². The molecule has 0 unspecified atom stereocenters. The Morgan fingerprint density at radius 1 is 1.29 bits per heavy atom. The van der Waals surface area contributed by atoms with E-state index in [9.17, 15) is 8.42 Å². The Hall–Kier alpha value is -1.84. The summed E-state index contributed by atoms with van der Waals surface area (Å²) in [7, 11) is -3.58. The first-order valence-corrected chi connectivity index (χ1v) is 8.90. The van der Waals surface area contributed by atoms with Crippen molar-refractivity contribution in [2.45, 2.75) is 24.0 Å². The second kappa shape index (κ2) is 5.17. The molecule has 3 rings (SSSR count). The number of rotatable bonds is 2. The molecule has 0 spiro atoms. The van der Waals surface area contributed by atoms with Crippen molar-refractivity contribution in [3.05, 3.63) is 46.3 Å². The molecule has 0 radical (unpaired) electrons. The van der Waals surface area contributed by atoms with Gasteiger partial charge in [0.2, 0.25) is 0 Å². The van der Waals surface area contributed by atoms with Gasteiger partial charge in [-0.15, -0.1) is 11.3 Å². The number of anilines is 1. The molecular weight excluding hydrogens is 304 g/mol. The van der Waals surface area contributed by atoms with E-state index < -0.39 is 10.0 Å². The molecule has 2 aromatic rings. The fraction of sp³-hybridized carbons (Fsp3) is 0.267. The summed E-state index contributed by atoms with van der Waals surface area (Å²) in [5.74, 6) is 0. The third kappa shape index (κ3) is 2.43. The number of nitrogens with zero attached hydrogens (tertiary/aromatic N) is 2. The molecule has 0 N–H and O–H groups in total. The topological polar surface area (TPSA) is 61.2 Å². The molecular formula is C15H14N2O2S2. The Balaban J connectivity index is 2.07. The lowest BCUT2D eigenvalue weighted by Gasteiger charge is -2.30. The van der Waals surface area contributed by atoms with Gasteiger partial charge in [-0.3, -0.25) is 4.31 Å². The van der Waals surface area contributed by atoms with Gasteiger partial charge in [0.05, 0.1) is 5.69 Å². The van der Waals surface area contributed by atoms with Gasteiger partial charge in [-0.05, 0) is 43.5 Å². The summed E-state index contributed by atoms with van der Waals surface area (Å²) in [5.41, 5.74) is 2.97. The van der Waals surface area contributed by atoms with Gasteiger partial charge in [-0.1, -0.05) is 17.7 Å². The van der Waals surface area contributed by atoms with Crippen LogP contribution >= 0.6 is 11.3 Å². The van der Waals surface area contributed by atoms with Crippen LogP contribution in [0, 0.1) is 18.3 Å². The monoisotopic (exact) mass is 318 g/mol. The first-order valence-electron chi connectivity index (χ1n) is 6.64. The molecule has 1 aromatic carbocycles. The predicted octanol–water partition coefficient (Wildman–Crippen LogP) is 3.07. The summed E-state index contributed by atoms with van der Waals surface area (Å²) in [4.78, 5) is 0.412. The standard InChI is InChI=1S/C15H14N2O2S2/c1-11-4-6-14-12(9-11)3-2-8-17(14)21(18,19)15-7-5-13(10-16)20-15/h4-7,9H,2-3,8H2,1H3. The maximum absolute atomic E-state index is 12.8. The zero-order chi connectivity index (χ0) is 15.0. The molecule has 0 amide bonds. The van der Waals surface area contributed by atoms with Crippen molar-refractivity contribution < 1.29 is 8.42 Å². The second-order valence-corrected chi connectivity index (χ2v) is 8.22. The Morgan fingerprint density at radius 3 is 2.81 bits per heavy atom. The summed E-state index contributed by atoms with van der Waals surface area (Å²) in [6.45, 7) is 2.49. The van der Waals surface area contributed by atoms with Gasteiger partial charge in [0, 0.05) is 6.54 Å². The highest BCUT2D eigenvalue weighted by molar-refractivity contribution is 7.94. The van der Waals surface area contributed by atoms with Gasteiger partial charge in [-0.2, -0.15) is 5.26 Å². The highest BCUT2D eigenvalue weighted by Gasteiger charge is 2.30. The second-order valence-electron chi connectivity index (χ2n) is 5.04. The molecule has 0 aliphatic carbocycles. The van der Waals surface area contributed by atoms with Crippen LogP contribution in [-0.2, 0) is 16.4 Å². The molecule has 0 atom stereocenters. The Bertz CT molecular complexity index is 832. The van der Waals surface area contributed by atoms with Crippen molar-refractivity contribution in [1.29, 1.82) is 5.26 Å². The van der Waals surface area contributed by atoms with Crippen LogP contribution in [0.3, 0.4) is 0 Å². The van der Waals surface area contributed by atoms with Crippen molar-refractivity contribution in [2.24, 2.45) is 0 Å². The average Bonchev–Trinajstić information content (AvgIpc) is 2.96. The minimum Gasteiger partial charge on any atom is -0.265 e. The molecule has 6 heteroatoms. The molecule has 1 aliphatic rings. The molecule has 21 heavy (non-hydrogen) atoms. The fourth-order valence-electron chi connectivity index (χ4n) is 2.57. The number of hydrogen-bond donors (Lipinski definition) is 0. The Labute approximate surface area is 128 Å². The van der Waals surface area contributed by atoms with Crippen LogP contribution in [0.4, 0.5) is 5.69 Å². The smallest absolute Gasteiger partial charge is 0.265 e. The lowest BCUT2D eigenvalue weighted by Crippen LogP contribution is -2.35. The third-order valence-corrected chi connectivity index (χ3v) is 6.82. The van der Waals surface area contributed by atoms with Gasteiger partial charge in [-0.25, -0.2) is 8.42 Å². The van der Waals surface area contributed by atoms with E-state index in [0.29, 0.717) is 11.4 Å². The normalized spacial score (nSPS) is 14.6. The fourth-order valence-corrected chi connectivity index (χ4v) is 5.33. The van der Waals surface area contributed by atoms with Crippen LogP contribution < -0.4 is 4.31 Å². The first kappa shape index (κ1) is 14.1. The van der Waals surface area contributed by atoms with E-state index in [1.54, 1.807) is 6.07 Å². The maximum atomic E-state index is 12.8. The van der Waals surface area contributed by atoms with Gasteiger partial charge in [0.1, 0.15) is 15.2 Å². The van der Waals surface area contributed by atoms with Crippen LogP contribution in [-0.4, -0.2) is 15.0 Å². The average molecular weight is 318 g/mol. The SMILES string of the molecule is Cc1ccc2c(c1)CCCN2S(=O)(=O)c1ccc(C#N)s1. The summed E-state index contributed by atoms with van der Waals surface area (Å²) in [5, 5.41) is 8.87. The van der Waals surface area contributed by atoms with Crippen LogP contribution in [0.15, 0.2) is 34.5 Å². The number of thiophene rings is 1. The summed E-state index contributed by atoms with van der Waals surface area (Å²) < 4.78 is 27.3. The van der Waals surface area contributed by atoms with E-state index in [1.807, 2.05) is 31.2 Å².